The van der Waals surface area contributed by atoms with Crippen LogP contribution in [-0.2, 0) is 20.8 Å². The Morgan fingerprint density at radius 2 is 1.82 bits per heavy atom. The van der Waals surface area contributed by atoms with Gasteiger partial charge in [-0.15, -0.1) is 0 Å². The van der Waals surface area contributed by atoms with Gasteiger partial charge in [-0.3, -0.25) is 14.6 Å². The number of rotatable bonds is 12. The summed E-state index contributed by atoms with van der Waals surface area (Å²) in [5.74, 6) is -0.848. The van der Waals surface area contributed by atoms with E-state index in [1.165, 1.54) is 0 Å². The molecule has 28 heavy (non-hydrogen) atoms. The number of carbonyl (C=O) groups excluding carboxylic acids is 3. The maximum Gasteiger partial charge on any atom is 0.243 e. The number of aliphatic imine (C=N–C) groups is 1. The van der Waals surface area contributed by atoms with Gasteiger partial charge in [0, 0.05) is 12.3 Å². The molecule has 0 saturated heterocycles. The van der Waals surface area contributed by atoms with Crippen molar-refractivity contribution in [2.45, 2.75) is 37.4 Å². The summed E-state index contributed by atoms with van der Waals surface area (Å²) in [5, 5.41) is 5.19. The molecule has 9 nitrogen and oxygen atoms in total. The van der Waals surface area contributed by atoms with E-state index < -0.39 is 29.9 Å². The molecule has 0 bridgehead atoms. The lowest BCUT2D eigenvalue weighted by Crippen LogP contribution is -2.54. The van der Waals surface area contributed by atoms with Crippen LogP contribution in [0.15, 0.2) is 35.3 Å². The number of carbonyl (C=O) groups is 3. The van der Waals surface area contributed by atoms with Crippen LogP contribution in [0.3, 0.4) is 0 Å². The first kappa shape index (κ1) is 23.4. The van der Waals surface area contributed by atoms with Crippen molar-refractivity contribution in [1.29, 1.82) is 0 Å². The van der Waals surface area contributed by atoms with Crippen molar-refractivity contribution in [3.63, 3.8) is 0 Å². The summed E-state index contributed by atoms with van der Waals surface area (Å²) in [6, 6.07) is 6.89. The van der Waals surface area contributed by atoms with E-state index in [0.717, 1.165) is 5.56 Å². The molecule has 0 aliphatic carbocycles. The van der Waals surface area contributed by atoms with Crippen molar-refractivity contribution < 1.29 is 14.4 Å². The second-order valence-electron chi connectivity index (χ2n) is 6.24. The van der Waals surface area contributed by atoms with Gasteiger partial charge in [-0.25, -0.2) is 0 Å². The van der Waals surface area contributed by atoms with Gasteiger partial charge in [-0.05, 0) is 24.8 Å². The van der Waals surface area contributed by atoms with Crippen LogP contribution < -0.4 is 27.8 Å². The second-order valence-corrected chi connectivity index (χ2v) is 6.61. The van der Waals surface area contributed by atoms with Crippen LogP contribution >= 0.6 is 12.6 Å². The molecule has 0 radical (unpaired) electrons. The summed E-state index contributed by atoms with van der Waals surface area (Å²) in [6.45, 7) is 0.307. The highest BCUT2D eigenvalue weighted by Crippen LogP contribution is 2.04. The zero-order valence-electron chi connectivity index (χ0n) is 15.6. The van der Waals surface area contributed by atoms with Crippen molar-refractivity contribution in [3.05, 3.63) is 35.9 Å². The van der Waals surface area contributed by atoms with E-state index in [9.17, 15) is 14.4 Å². The third kappa shape index (κ3) is 8.87. The van der Waals surface area contributed by atoms with Gasteiger partial charge in [0.2, 0.25) is 11.8 Å². The SMILES string of the molecule is NC(N)=NCCC[C@H](NC(=O)[C@@H](N)Cc1ccccc1)C(=O)N[C@H](C=O)CS. The molecule has 0 heterocycles. The molecule has 0 spiro atoms. The third-order valence-corrected chi connectivity index (χ3v) is 4.30. The number of amides is 2. The molecule has 0 aliphatic heterocycles. The lowest BCUT2D eigenvalue weighted by molar-refractivity contribution is -0.130. The van der Waals surface area contributed by atoms with Crippen LogP contribution in [0, 0.1) is 0 Å². The molecule has 0 unspecified atom stereocenters. The van der Waals surface area contributed by atoms with Crippen molar-refractivity contribution in [3.8, 4) is 0 Å². The summed E-state index contributed by atoms with van der Waals surface area (Å²) in [6.07, 6.45) is 1.66. The van der Waals surface area contributed by atoms with E-state index in [2.05, 4.69) is 28.3 Å². The molecule has 1 rings (SSSR count). The van der Waals surface area contributed by atoms with Gasteiger partial charge in [0.1, 0.15) is 12.3 Å². The highest BCUT2D eigenvalue weighted by Gasteiger charge is 2.25. The molecule has 0 saturated carbocycles. The topological polar surface area (TPSA) is 166 Å². The Bertz CT molecular complexity index is 667. The van der Waals surface area contributed by atoms with Gasteiger partial charge in [-0.1, -0.05) is 30.3 Å². The number of nitrogens with two attached hydrogens (primary N) is 3. The molecule has 0 aliphatic rings. The van der Waals surface area contributed by atoms with Gasteiger partial charge < -0.3 is 32.6 Å². The second kappa shape index (κ2) is 12.7. The van der Waals surface area contributed by atoms with E-state index in [1.807, 2.05) is 30.3 Å². The predicted octanol–water partition coefficient (Wildman–Crippen LogP) is -1.29. The molecule has 1 aromatic carbocycles. The maximum atomic E-state index is 12.5. The minimum Gasteiger partial charge on any atom is -0.370 e. The molecular weight excluding hydrogens is 380 g/mol. The summed E-state index contributed by atoms with van der Waals surface area (Å²) in [5.41, 5.74) is 17.5. The largest absolute Gasteiger partial charge is 0.370 e. The van der Waals surface area contributed by atoms with Gasteiger partial charge in [0.05, 0.1) is 12.1 Å². The summed E-state index contributed by atoms with van der Waals surface area (Å²) in [7, 11) is 0. The minimum absolute atomic E-state index is 0.0500. The Morgan fingerprint density at radius 3 is 2.39 bits per heavy atom. The van der Waals surface area contributed by atoms with Crippen molar-refractivity contribution in [2.24, 2.45) is 22.2 Å². The maximum absolute atomic E-state index is 12.5. The lowest BCUT2D eigenvalue weighted by Gasteiger charge is -2.22. The van der Waals surface area contributed by atoms with E-state index >= 15 is 0 Å². The third-order valence-electron chi connectivity index (χ3n) is 3.90. The molecular formula is C18H28N6O3S. The fourth-order valence-corrected chi connectivity index (χ4v) is 2.60. The summed E-state index contributed by atoms with van der Waals surface area (Å²) in [4.78, 5) is 39.7. The Balaban J connectivity index is 2.72. The van der Waals surface area contributed by atoms with Crippen LogP contribution in [0.5, 0.6) is 0 Å². The van der Waals surface area contributed by atoms with Crippen LogP contribution in [0.1, 0.15) is 18.4 Å². The van der Waals surface area contributed by atoms with Gasteiger partial charge in [0.15, 0.2) is 5.96 Å². The Hall–Kier alpha value is -2.59. The smallest absolute Gasteiger partial charge is 0.243 e. The number of nitrogens with zero attached hydrogens (tertiary/aromatic N) is 1. The van der Waals surface area contributed by atoms with Crippen molar-refractivity contribution >= 4 is 36.7 Å². The van der Waals surface area contributed by atoms with Crippen LogP contribution in [0.4, 0.5) is 0 Å². The zero-order chi connectivity index (χ0) is 20.9. The number of nitrogens with one attached hydrogen (secondary N) is 2. The van der Waals surface area contributed by atoms with Gasteiger partial charge in [0.25, 0.3) is 0 Å². The quantitative estimate of drug-likeness (QED) is 0.0827. The first-order valence-electron chi connectivity index (χ1n) is 8.89. The van der Waals surface area contributed by atoms with Crippen LogP contribution in [0.2, 0.25) is 0 Å². The molecule has 10 heteroatoms. The van der Waals surface area contributed by atoms with Crippen molar-refractivity contribution in [1.82, 2.24) is 10.6 Å². The number of hydrogen-bond acceptors (Lipinski definition) is 6. The van der Waals surface area contributed by atoms with Gasteiger partial charge in [-0.2, -0.15) is 12.6 Å². The zero-order valence-corrected chi connectivity index (χ0v) is 16.5. The molecule has 3 atom stereocenters. The Kier molecular flexibility index (Phi) is 10.7. The first-order valence-corrected chi connectivity index (χ1v) is 9.52. The van der Waals surface area contributed by atoms with E-state index in [4.69, 9.17) is 17.2 Å². The normalized spacial score (nSPS) is 13.6. The van der Waals surface area contributed by atoms with E-state index in [0.29, 0.717) is 25.7 Å². The fraction of sp³-hybridized carbons (Fsp3) is 0.444. The first-order chi connectivity index (χ1) is 13.4. The lowest BCUT2D eigenvalue weighted by atomic mass is 10.0. The molecule has 0 fully saturated rings. The average Bonchev–Trinajstić information content (AvgIpc) is 2.68. The fourth-order valence-electron chi connectivity index (χ4n) is 2.42. The monoisotopic (exact) mass is 408 g/mol. The van der Waals surface area contributed by atoms with E-state index in [1.54, 1.807) is 0 Å². The highest BCUT2D eigenvalue weighted by molar-refractivity contribution is 7.80. The molecule has 1 aromatic rings. The van der Waals surface area contributed by atoms with Crippen LogP contribution in [0.25, 0.3) is 0 Å². The Morgan fingerprint density at radius 1 is 1.14 bits per heavy atom. The number of guanidine groups is 1. The number of benzene rings is 1. The minimum atomic E-state index is -0.870. The van der Waals surface area contributed by atoms with Gasteiger partial charge >= 0.3 is 0 Å². The Labute approximate surface area is 169 Å². The summed E-state index contributed by atoms with van der Waals surface area (Å²) < 4.78 is 0. The number of hydrogen-bond donors (Lipinski definition) is 6. The molecule has 8 N–H and O–H groups in total. The molecule has 0 aromatic heterocycles. The van der Waals surface area contributed by atoms with Crippen LogP contribution in [-0.4, -0.2) is 54.5 Å². The number of thiol groups is 1. The highest BCUT2D eigenvalue weighted by atomic mass is 32.1. The molecule has 154 valence electrons. The van der Waals surface area contributed by atoms with Crippen molar-refractivity contribution in [2.75, 3.05) is 12.3 Å². The average molecular weight is 409 g/mol. The molecule has 2 amide bonds. The summed E-state index contributed by atoms with van der Waals surface area (Å²) >= 11 is 4.01. The van der Waals surface area contributed by atoms with E-state index in [-0.39, 0.29) is 18.1 Å². The standard InChI is InChI=1S/C18H28N6O3S/c19-14(9-12-5-2-1-3-6-12)16(26)24-15(7-4-8-22-18(20)21)17(27)23-13(10-25)11-28/h1-3,5-6,10,13-15,28H,4,7-9,11,19H2,(H,23,27)(H,24,26)(H4,20,21,22)/t13-,14+,15+/m1/s1. The predicted molar refractivity (Wildman–Crippen MR) is 112 cm³/mol. The number of aldehydes is 1.